The van der Waals surface area contributed by atoms with Gasteiger partial charge in [-0.3, -0.25) is 4.98 Å². The maximum Gasteiger partial charge on any atom is 0.405 e. The van der Waals surface area contributed by atoms with Crippen LogP contribution in [0.1, 0.15) is 19.4 Å². The highest BCUT2D eigenvalue weighted by atomic mass is 19.1. The number of hydrogen-bond acceptors (Lipinski definition) is 3. The summed E-state index contributed by atoms with van der Waals surface area (Å²) in [5.41, 5.74) is 8.51. The molecule has 1 heterocycles. The monoisotopic (exact) mass is 365 g/mol. The predicted molar refractivity (Wildman–Crippen MR) is 104 cm³/mol. The average Bonchev–Trinajstić information content (AvgIpc) is 2.61. The number of carbonyl (C=O) groups is 1. The number of nitrogens with two attached hydrogens (primary N) is 1. The van der Waals surface area contributed by atoms with Gasteiger partial charge in [-0.1, -0.05) is 42.5 Å². The van der Waals surface area contributed by atoms with Crippen LogP contribution in [0.2, 0.25) is 0 Å². The first kappa shape index (κ1) is 18.4. The van der Waals surface area contributed by atoms with Crippen LogP contribution >= 0.6 is 0 Å². The van der Waals surface area contributed by atoms with Crippen molar-refractivity contribution in [1.82, 2.24) is 10.3 Å². The zero-order valence-electron chi connectivity index (χ0n) is 15.0. The molecule has 0 aliphatic heterocycles. The molecule has 2 aromatic carbocycles. The Morgan fingerprint density at radius 2 is 1.81 bits per heavy atom. The van der Waals surface area contributed by atoms with Crippen LogP contribution in [-0.4, -0.2) is 16.2 Å². The van der Waals surface area contributed by atoms with Crippen molar-refractivity contribution >= 4 is 11.8 Å². The zero-order chi connectivity index (χ0) is 19.6. The van der Waals surface area contributed by atoms with Crippen LogP contribution in [0.3, 0.4) is 0 Å². The smallest absolute Gasteiger partial charge is 0.405 e. The SMILES string of the molecule is CC(C)(NC(=O)O)c1ccc(-c2ncc(N)cc2-c2ccccc2)cc1F. The number of halogens is 1. The maximum absolute atomic E-state index is 14.8. The number of nitrogens with zero attached hydrogens (tertiary/aromatic N) is 1. The van der Waals surface area contributed by atoms with E-state index in [2.05, 4.69) is 10.3 Å². The fourth-order valence-corrected chi connectivity index (χ4v) is 3.05. The Bertz CT molecular complexity index is 988. The lowest BCUT2D eigenvalue weighted by atomic mass is 9.91. The van der Waals surface area contributed by atoms with Crippen molar-refractivity contribution in [2.45, 2.75) is 19.4 Å². The van der Waals surface area contributed by atoms with Crippen molar-refractivity contribution in [3.63, 3.8) is 0 Å². The number of benzene rings is 2. The molecule has 0 saturated carbocycles. The van der Waals surface area contributed by atoms with Gasteiger partial charge in [0, 0.05) is 16.7 Å². The number of pyridine rings is 1. The van der Waals surface area contributed by atoms with Crippen molar-refractivity contribution in [2.24, 2.45) is 0 Å². The summed E-state index contributed by atoms with van der Waals surface area (Å²) in [6, 6.07) is 16.1. The molecule has 1 amide bonds. The van der Waals surface area contributed by atoms with Crippen molar-refractivity contribution in [1.29, 1.82) is 0 Å². The van der Waals surface area contributed by atoms with Gasteiger partial charge >= 0.3 is 6.09 Å². The van der Waals surface area contributed by atoms with Crippen LogP contribution in [0, 0.1) is 5.82 Å². The summed E-state index contributed by atoms with van der Waals surface area (Å²) in [6.07, 6.45) is 0.318. The molecule has 0 bridgehead atoms. The highest BCUT2D eigenvalue weighted by Gasteiger charge is 2.26. The molecule has 0 radical (unpaired) electrons. The van der Waals surface area contributed by atoms with Gasteiger partial charge in [0.05, 0.1) is 23.1 Å². The lowest BCUT2D eigenvalue weighted by Crippen LogP contribution is -2.40. The molecule has 27 heavy (non-hydrogen) atoms. The molecule has 0 fully saturated rings. The van der Waals surface area contributed by atoms with Crippen LogP contribution in [0.25, 0.3) is 22.4 Å². The first-order chi connectivity index (χ1) is 12.8. The minimum Gasteiger partial charge on any atom is -0.465 e. The Hall–Kier alpha value is -3.41. The molecule has 0 aliphatic rings. The lowest BCUT2D eigenvalue weighted by molar-refractivity contribution is 0.181. The molecule has 0 unspecified atom stereocenters. The van der Waals surface area contributed by atoms with Crippen LogP contribution in [-0.2, 0) is 5.54 Å². The molecule has 1 aromatic heterocycles. The third kappa shape index (κ3) is 3.89. The summed E-state index contributed by atoms with van der Waals surface area (Å²) in [7, 11) is 0. The Morgan fingerprint density at radius 1 is 1.11 bits per heavy atom. The van der Waals surface area contributed by atoms with E-state index in [-0.39, 0.29) is 5.56 Å². The van der Waals surface area contributed by atoms with Crippen molar-refractivity contribution in [3.05, 3.63) is 72.2 Å². The summed E-state index contributed by atoms with van der Waals surface area (Å²) in [4.78, 5) is 15.4. The number of aromatic nitrogens is 1. The molecule has 5 nitrogen and oxygen atoms in total. The largest absolute Gasteiger partial charge is 0.465 e. The minimum absolute atomic E-state index is 0.255. The topological polar surface area (TPSA) is 88.2 Å². The number of amides is 1. The second kappa shape index (κ2) is 7.07. The molecule has 3 aromatic rings. The van der Waals surface area contributed by atoms with Crippen molar-refractivity contribution in [3.8, 4) is 22.4 Å². The van der Waals surface area contributed by atoms with E-state index in [9.17, 15) is 9.18 Å². The Kier molecular flexibility index (Phi) is 4.81. The van der Waals surface area contributed by atoms with Gasteiger partial charge in [-0.2, -0.15) is 0 Å². The first-order valence-corrected chi connectivity index (χ1v) is 8.40. The van der Waals surface area contributed by atoms with Crippen molar-refractivity contribution in [2.75, 3.05) is 5.73 Å². The number of anilines is 1. The normalized spacial score (nSPS) is 11.2. The van der Waals surface area contributed by atoms with Crippen LogP contribution in [0.5, 0.6) is 0 Å². The molecular weight excluding hydrogens is 345 g/mol. The fourth-order valence-electron chi connectivity index (χ4n) is 3.05. The zero-order valence-corrected chi connectivity index (χ0v) is 15.0. The van der Waals surface area contributed by atoms with E-state index in [4.69, 9.17) is 10.8 Å². The summed E-state index contributed by atoms with van der Waals surface area (Å²) in [6.45, 7) is 3.21. The lowest BCUT2D eigenvalue weighted by Gasteiger charge is -2.26. The molecule has 6 heteroatoms. The van der Waals surface area contributed by atoms with E-state index >= 15 is 0 Å². The molecular formula is C21H20FN3O2. The van der Waals surface area contributed by atoms with E-state index < -0.39 is 17.4 Å². The third-order valence-corrected chi connectivity index (χ3v) is 4.33. The van der Waals surface area contributed by atoms with Gasteiger partial charge in [-0.15, -0.1) is 0 Å². The van der Waals surface area contributed by atoms with Crippen LogP contribution < -0.4 is 11.1 Å². The first-order valence-electron chi connectivity index (χ1n) is 8.40. The van der Waals surface area contributed by atoms with Gasteiger partial charge in [0.1, 0.15) is 5.82 Å². The Labute approximate surface area is 156 Å². The van der Waals surface area contributed by atoms with Gasteiger partial charge in [0.15, 0.2) is 0 Å². The van der Waals surface area contributed by atoms with Gasteiger partial charge in [-0.05, 0) is 31.5 Å². The van der Waals surface area contributed by atoms with Crippen molar-refractivity contribution < 1.29 is 14.3 Å². The highest BCUT2D eigenvalue weighted by Crippen LogP contribution is 2.34. The number of nitrogen functional groups attached to an aromatic ring is 1. The molecule has 0 atom stereocenters. The molecule has 4 N–H and O–H groups in total. The highest BCUT2D eigenvalue weighted by molar-refractivity contribution is 5.82. The maximum atomic E-state index is 14.8. The quantitative estimate of drug-likeness (QED) is 0.628. The van der Waals surface area contributed by atoms with Gasteiger partial charge < -0.3 is 16.2 Å². The van der Waals surface area contributed by atoms with Crippen LogP contribution in [0.15, 0.2) is 60.8 Å². The molecule has 3 rings (SSSR count). The summed E-state index contributed by atoms with van der Waals surface area (Å²) in [5, 5.41) is 11.3. The summed E-state index contributed by atoms with van der Waals surface area (Å²) >= 11 is 0. The van der Waals surface area contributed by atoms with E-state index in [1.165, 1.54) is 12.3 Å². The van der Waals surface area contributed by atoms with Crippen LogP contribution in [0.4, 0.5) is 14.9 Å². The molecule has 138 valence electrons. The summed E-state index contributed by atoms with van der Waals surface area (Å²) in [5.74, 6) is -0.510. The summed E-state index contributed by atoms with van der Waals surface area (Å²) < 4.78 is 14.8. The van der Waals surface area contributed by atoms with E-state index in [1.807, 2.05) is 30.3 Å². The molecule has 0 saturated heterocycles. The standard InChI is InChI=1S/C21H20FN3O2/c1-21(2,25-20(26)27)17-9-8-14(10-18(17)22)19-16(11-15(23)12-24-19)13-6-4-3-5-7-13/h3-12,25H,23H2,1-2H3,(H,26,27). The number of rotatable bonds is 4. The average molecular weight is 365 g/mol. The molecule has 0 spiro atoms. The van der Waals surface area contributed by atoms with E-state index in [0.717, 1.165) is 11.1 Å². The van der Waals surface area contributed by atoms with Gasteiger partial charge in [-0.25, -0.2) is 9.18 Å². The second-order valence-electron chi connectivity index (χ2n) is 6.78. The van der Waals surface area contributed by atoms with E-state index in [0.29, 0.717) is 16.9 Å². The minimum atomic E-state index is -1.21. The number of carboxylic acid groups (broad SMARTS) is 1. The fraction of sp³-hybridized carbons (Fsp3) is 0.143. The number of nitrogens with one attached hydrogen (secondary N) is 1. The van der Waals surface area contributed by atoms with Gasteiger partial charge in [0.2, 0.25) is 0 Å². The third-order valence-electron chi connectivity index (χ3n) is 4.33. The number of hydrogen-bond donors (Lipinski definition) is 3. The Morgan fingerprint density at radius 3 is 2.44 bits per heavy atom. The Balaban J connectivity index is 2.09. The second-order valence-corrected chi connectivity index (χ2v) is 6.78. The predicted octanol–water partition coefficient (Wildman–Crippen LogP) is 4.64. The van der Waals surface area contributed by atoms with E-state index in [1.54, 1.807) is 32.0 Å². The molecule has 0 aliphatic carbocycles. The van der Waals surface area contributed by atoms with Gasteiger partial charge in [0.25, 0.3) is 0 Å².